The van der Waals surface area contributed by atoms with Crippen molar-refractivity contribution in [3.63, 3.8) is 0 Å². The number of fused-ring (bicyclic) bond motifs is 3. The van der Waals surface area contributed by atoms with E-state index in [4.69, 9.17) is 9.47 Å². The summed E-state index contributed by atoms with van der Waals surface area (Å²) in [5, 5.41) is 5.00. The fraction of sp³-hybridized carbons (Fsp3) is 0.286. The lowest BCUT2D eigenvalue weighted by Crippen LogP contribution is -2.31. The summed E-state index contributed by atoms with van der Waals surface area (Å²) in [6.07, 6.45) is 1.00. The van der Waals surface area contributed by atoms with E-state index in [1.165, 1.54) is 33.3 Å². The zero-order valence-electron chi connectivity index (χ0n) is 18.9. The molecule has 4 heteroatoms. The molecular weight excluding hydrogens is 396 g/mol. The lowest BCUT2D eigenvalue weighted by atomic mass is 9.87. The molecule has 2 heterocycles. The number of ether oxygens (including phenoxy) is 2. The summed E-state index contributed by atoms with van der Waals surface area (Å²) >= 11 is 0. The van der Waals surface area contributed by atoms with Gasteiger partial charge in [0.25, 0.3) is 0 Å². The van der Waals surface area contributed by atoms with Gasteiger partial charge in [-0.05, 0) is 64.9 Å². The number of benzene rings is 3. The first kappa shape index (κ1) is 20.7. The first-order valence-electron chi connectivity index (χ1n) is 11.4. The van der Waals surface area contributed by atoms with Crippen molar-refractivity contribution < 1.29 is 9.47 Å². The van der Waals surface area contributed by atoms with Crippen molar-refractivity contribution in [2.75, 3.05) is 13.7 Å². The molecule has 0 saturated carbocycles. The third-order valence-corrected chi connectivity index (χ3v) is 6.40. The molecule has 164 valence electrons. The topological polar surface area (TPSA) is 46.3 Å². The average molecular weight is 427 g/mol. The van der Waals surface area contributed by atoms with Crippen molar-refractivity contribution in [2.45, 2.75) is 38.8 Å². The minimum Gasteiger partial charge on any atom is -0.497 e. The molecule has 1 atom stereocenters. The molecule has 0 aliphatic carbocycles. The van der Waals surface area contributed by atoms with Gasteiger partial charge in [0.1, 0.15) is 18.1 Å². The molecule has 1 aromatic heterocycles. The Morgan fingerprint density at radius 3 is 2.56 bits per heavy atom. The summed E-state index contributed by atoms with van der Waals surface area (Å²) in [5.41, 5.74) is 7.62. The van der Waals surface area contributed by atoms with Gasteiger partial charge in [-0.3, -0.25) is 0 Å². The number of hydrogen-bond donors (Lipinski definition) is 2. The highest BCUT2D eigenvalue weighted by Crippen LogP contribution is 2.38. The van der Waals surface area contributed by atoms with Crippen molar-refractivity contribution in [2.24, 2.45) is 0 Å². The first-order chi connectivity index (χ1) is 15.6. The van der Waals surface area contributed by atoms with Crippen LogP contribution < -0.4 is 14.8 Å². The summed E-state index contributed by atoms with van der Waals surface area (Å²) in [7, 11) is 1.73. The second-order valence-electron chi connectivity index (χ2n) is 8.79. The van der Waals surface area contributed by atoms with E-state index in [9.17, 15) is 0 Å². The third-order valence-electron chi connectivity index (χ3n) is 6.40. The molecule has 0 spiro atoms. The minimum absolute atomic E-state index is 0.142. The maximum absolute atomic E-state index is 6.10. The SMILES string of the molecule is COc1ccc(C2NCCc3c2[nH]c2ccc(OCc4ccccc4)cc32)c(C(C)C)c1. The van der Waals surface area contributed by atoms with Crippen molar-refractivity contribution in [3.8, 4) is 11.5 Å². The monoisotopic (exact) mass is 426 g/mol. The predicted octanol–water partition coefficient (Wildman–Crippen LogP) is 6.11. The molecule has 4 aromatic rings. The van der Waals surface area contributed by atoms with Crippen LogP contribution in [0.5, 0.6) is 11.5 Å². The highest BCUT2D eigenvalue weighted by Gasteiger charge is 2.27. The molecule has 4 nitrogen and oxygen atoms in total. The van der Waals surface area contributed by atoms with Crippen LogP contribution in [0.2, 0.25) is 0 Å². The maximum Gasteiger partial charge on any atom is 0.120 e. The summed E-state index contributed by atoms with van der Waals surface area (Å²) < 4.78 is 11.6. The van der Waals surface area contributed by atoms with Crippen LogP contribution in [-0.2, 0) is 13.0 Å². The Bertz CT molecular complexity index is 1230. The van der Waals surface area contributed by atoms with Gasteiger partial charge in [0, 0.05) is 23.1 Å². The van der Waals surface area contributed by atoms with Crippen molar-refractivity contribution in [1.82, 2.24) is 10.3 Å². The Labute approximate surface area is 189 Å². The third kappa shape index (κ3) is 3.87. The van der Waals surface area contributed by atoms with E-state index in [1.54, 1.807) is 7.11 Å². The largest absolute Gasteiger partial charge is 0.497 e. The molecule has 1 unspecified atom stereocenters. The van der Waals surface area contributed by atoms with Crippen molar-refractivity contribution >= 4 is 10.9 Å². The highest BCUT2D eigenvalue weighted by atomic mass is 16.5. The van der Waals surface area contributed by atoms with Gasteiger partial charge in [0.2, 0.25) is 0 Å². The van der Waals surface area contributed by atoms with Gasteiger partial charge < -0.3 is 19.8 Å². The van der Waals surface area contributed by atoms with Crippen LogP contribution in [0.4, 0.5) is 0 Å². The summed E-state index contributed by atoms with van der Waals surface area (Å²) in [4.78, 5) is 3.71. The Morgan fingerprint density at radius 2 is 1.78 bits per heavy atom. The molecule has 1 aliphatic rings. The lowest BCUT2D eigenvalue weighted by Gasteiger charge is -2.28. The van der Waals surface area contributed by atoms with Crippen LogP contribution in [-0.4, -0.2) is 18.6 Å². The predicted molar refractivity (Wildman–Crippen MR) is 130 cm³/mol. The van der Waals surface area contributed by atoms with Crippen LogP contribution in [0.25, 0.3) is 10.9 Å². The zero-order valence-corrected chi connectivity index (χ0v) is 18.9. The van der Waals surface area contributed by atoms with Crippen LogP contribution in [0.1, 0.15) is 53.8 Å². The standard InChI is InChI=1S/C28H30N2O2/c1-18(2)24-15-20(31-3)9-11-22(24)27-28-23(13-14-29-27)25-16-21(10-12-26(25)30-28)32-17-19-7-5-4-6-8-19/h4-12,15-16,18,27,29-30H,13-14,17H2,1-3H3. The molecule has 2 N–H and O–H groups in total. The fourth-order valence-corrected chi connectivity index (χ4v) is 4.75. The van der Waals surface area contributed by atoms with E-state index in [0.717, 1.165) is 30.0 Å². The molecule has 0 fully saturated rings. The molecule has 3 aromatic carbocycles. The molecule has 0 saturated heterocycles. The van der Waals surface area contributed by atoms with E-state index in [-0.39, 0.29) is 6.04 Å². The number of nitrogens with one attached hydrogen (secondary N) is 2. The summed E-state index contributed by atoms with van der Waals surface area (Å²) in [6.45, 7) is 6.00. The van der Waals surface area contributed by atoms with E-state index >= 15 is 0 Å². The molecular formula is C28H30N2O2. The van der Waals surface area contributed by atoms with Gasteiger partial charge in [0.15, 0.2) is 0 Å². The molecule has 0 bridgehead atoms. The Kier molecular flexibility index (Phi) is 5.62. The molecule has 1 aliphatic heterocycles. The first-order valence-corrected chi connectivity index (χ1v) is 11.4. The van der Waals surface area contributed by atoms with E-state index in [0.29, 0.717) is 12.5 Å². The van der Waals surface area contributed by atoms with Gasteiger partial charge in [-0.25, -0.2) is 0 Å². The quantitative estimate of drug-likeness (QED) is 0.391. The normalized spacial score (nSPS) is 15.7. The lowest BCUT2D eigenvalue weighted by molar-refractivity contribution is 0.306. The maximum atomic E-state index is 6.10. The molecule has 5 rings (SSSR count). The van der Waals surface area contributed by atoms with E-state index in [1.807, 2.05) is 18.2 Å². The number of aromatic nitrogens is 1. The van der Waals surface area contributed by atoms with Crippen LogP contribution in [0.15, 0.2) is 66.7 Å². The number of rotatable bonds is 6. The van der Waals surface area contributed by atoms with Crippen molar-refractivity contribution in [3.05, 3.63) is 94.7 Å². The van der Waals surface area contributed by atoms with Crippen LogP contribution in [0.3, 0.4) is 0 Å². The second-order valence-corrected chi connectivity index (χ2v) is 8.79. The van der Waals surface area contributed by atoms with E-state index < -0.39 is 0 Å². The summed E-state index contributed by atoms with van der Waals surface area (Å²) in [5.74, 6) is 2.23. The van der Waals surface area contributed by atoms with Gasteiger partial charge in [-0.2, -0.15) is 0 Å². The molecule has 0 radical (unpaired) electrons. The molecule has 32 heavy (non-hydrogen) atoms. The van der Waals surface area contributed by atoms with Gasteiger partial charge >= 0.3 is 0 Å². The van der Waals surface area contributed by atoms with Gasteiger partial charge in [-0.15, -0.1) is 0 Å². The average Bonchev–Trinajstić information content (AvgIpc) is 3.21. The Balaban J connectivity index is 1.50. The number of H-pyrrole nitrogens is 1. The number of hydrogen-bond acceptors (Lipinski definition) is 3. The Hall–Kier alpha value is -3.24. The number of methoxy groups -OCH3 is 1. The van der Waals surface area contributed by atoms with Gasteiger partial charge in [0.05, 0.1) is 13.2 Å². The van der Waals surface area contributed by atoms with Crippen LogP contribution in [0, 0.1) is 0 Å². The minimum atomic E-state index is 0.142. The summed E-state index contributed by atoms with van der Waals surface area (Å²) in [6, 6.07) is 23.3. The smallest absolute Gasteiger partial charge is 0.120 e. The molecule has 0 amide bonds. The fourth-order valence-electron chi connectivity index (χ4n) is 4.75. The Morgan fingerprint density at radius 1 is 0.969 bits per heavy atom. The zero-order chi connectivity index (χ0) is 22.1. The van der Waals surface area contributed by atoms with Crippen molar-refractivity contribution in [1.29, 1.82) is 0 Å². The second kappa shape index (κ2) is 8.71. The van der Waals surface area contributed by atoms with Crippen LogP contribution >= 0.6 is 0 Å². The van der Waals surface area contributed by atoms with Gasteiger partial charge in [-0.1, -0.05) is 50.2 Å². The highest BCUT2D eigenvalue weighted by molar-refractivity contribution is 5.86. The van der Waals surface area contributed by atoms with E-state index in [2.05, 4.69) is 72.7 Å². The number of aromatic amines is 1.